The monoisotopic (exact) mass is 233 g/mol. The van der Waals surface area contributed by atoms with Crippen LogP contribution in [0.3, 0.4) is 0 Å². The first-order valence-corrected chi connectivity index (χ1v) is 5.94. The molecule has 1 aliphatic rings. The first-order chi connectivity index (χ1) is 8.11. The highest BCUT2D eigenvalue weighted by molar-refractivity contribution is 5.94. The van der Waals surface area contributed by atoms with Crippen LogP contribution in [-0.4, -0.2) is 24.4 Å². The number of nitrogens with zero attached hydrogens (tertiary/aromatic N) is 1. The quantitative estimate of drug-likeness (QED) is 0.615. The summed E-state index contributed by atoms with van der Waals surface area (Å²) in [6.45, 7) is 2.81. The molecule has 0 saturated heterocycles. The van der Waals surface area contributed by atoms with E-state index in [1.165, 1.54) is 12.8 Å². The van der Waals surface area contributed by atoms with Gasteiger partial charge >= 0.3 is 0 Å². The zero-order valence-corrected chi connectivity index (χ0v) is 10.4. The number of anilines is 1. The molecule has 1 aromatic rings. The molecule has 4 nitrogen and oxygen atoms in total. The molecule has 0 heterocycles. The van der Waals surface area contributed by atoms with Crippen molar-refractivity contribution >= 4 is 11.6 Å². The van der Waals surface area contributed by atoms with Gasteiger partial charge in [0.05, 0.1) is 5.69 Å². The van der Waals surface area contributed by atoms with Crippen molar-refractivity contribution in [1.29, 1.82) is 0 Å². The van der Waals surface area contributed by atoms with Crippen LogP contribution >= 0.6 is 0 Å². The second-order valence-corrected chi connectivity index (χ2v) is 4.80. The number of hydrogen-bond acceptors (Lipinski definition) is 3. The molecule has 0 bridgehead atoms. The Morgan fingerprint density at radius 3 is 2.76 bits per heavy atom. The van der Waals surface area contributed by atoms with E-state index in [0.717, 1.165) is 29.3 Å². The van der Waals surface area contributed by atoms with Crippen molar-refractivity contribution in [3.8, 4) is 0 Å². The number of hydrogen-bond donors (Lipinski definition) is 2. The van der Waals surface area contributed by atoms with Crippen LogP contribution < -0.4 is 11.3 Å². The molecule has 92 valence electrons. The van der Waals surface area contributed by atoms with E-state index in [1.54, 1.807) is 0 Å². The third-order valence-corrected chi connectivity index (χ3v) is 3.20. The van der Waals surface area contributed by atoms with Crippen molar-refractivity contribution in [2.45, 2.75) is 19.8 Å². The minimum atomic E-state index is 0.0866. The Balaban J connectivity index is 2.09. The molecule has 1 saturated carbocycles. The predicted octanol–water partition coefficient (Wildman–Crippen LogP) is 1.76. The molecule has 17 heavy (non-hydrogen) atoms. The van der Waals surface area contributed by atoms with E-state index in [0.29, 0.717) is 0 Å². The Hall–Kier alpha value is -1.55. The molecule has 0 spiro atoms. The second kappa shape index (κ2) is 4.75. The molecular weight excluding hydrogens is 214 g/mol. The number of carbonyl (C=O) groups excluding carboxylic acids is 1. The molecule has 1 amide bonds. The van der Waals surface area contributed by atoms with E-state index in [9.17, 15) is 4.79 Å². The Kier molecular flexibility index (Phi) is 3.33. The minimum Gasteiger partial charge on any atom is -0.341 e. The van der Waals surface area contributed by atoms with Gasteiger partial charge in [-0.25, -0.2) is 0 Å². The normalized spacial score (nSPS) is 14.5. The molecule has 0 aromatic heterocycles. The summed E-state index contributed by atoms with van der Waals surface area (Å²) in [6.07, 6.45) is 2.51. The SMILES string of the molecule is Cc1cc(C(=O)N(C)CC2CC2)ccc1NN. The number of carbonyl (C=O) groups is 1. The van der Waals surface area contributed by atoms with E-state index < -0.39 is 0 Å². The zero-order chi connectivity index (χ0) is 12.4. The number of amides is 1. The number of hydrazine groups is 1. The highest BCUT2D eigenvalue weighted by atomic mass is 16.2. The number of nitrogens with one attached hydrogen (secondary N) is 1. The summed E-state index contributed by atoms with van der Waals surface area (Å²) in [6, 6.07) is 5.53. The van der Waals surface area contributed by atoms with E-state index in [1.807, 2.05) is 37.1 Å². The van der Waals surface area contributed by atoms with Gasteiger partial charge in [-0.2, -0.15) is 0 Å². The number of benzene rings is 1. The number of aryl methyl sites for hydroxylation is 1. The fourth-order valence-corrected chi connectivity index (χ4v) is 1.95. The van der Waals surface area contributed by atoms with Gasteiger partial charge in [0, 0.05) is 19.2 Å². The number of rotatable bonds is 4. The maximum absolute atomic E-state index is 12.1. The summed E-state index contributed by atoms with van der Waals surface area (Å²) in [5, 5.41) is 0. The van der Waals surface area contributed by atoms with Gasteiger partial charge in [-0.05, 0) is 49.4 Å². The van der Waals surface area contributed by atoms with Gasteiger partial charge in [0.15, 0.2) is 0 Å². The van der Waals surface area contributed by atoms with Crippen LogP contribution in [0.4, 0.5) is 5.69 Å². The first kappa shape index (κ1) is 11.9. The van der Waals surface area contributed by atoms with Gasteiger partial charge in [0.25, 0.3) is 5.91 Å². The van der Waals surface area contributed by atoms with Crippen LogP contribution in [0.2, 0.25) is 0 Å². The van der Waals surface area contributed by atoms with E-state index in [2.05, 4.69) is 5.43 Å². The molecule has 3 N–H and O–H groups in total. The van der Waals surface area contributed by atoms with Crippen LogP contribution in [0.15, 0.2) is 18.2 Å². The summed E-state index contributed by atoms with van der Waals surface area (Å²) >= 11 is 0. The van der Waals surface area contributed by atoms with Crippen molar-refractivity contribution in [2.75, 3.05) is 19.0 Å². The van der Waals surface area contributed by atoms with Gasteiger partial charge in [-0.3, -0.25) is 10.6 Å². The van der Waals surface area contributed by atoms with Crippen molar-refractivity contribution in [1.82, 2.24) is 4.90 Å². The summed E-state index contributed by atoms with van der Waals surface area (Å²) in [4.78, 5) is 13.9. The number of nitrogens with two attached hydrogens (primary N) is 1. The molecule has 4 heteroatoms. The summed E-state index contributed by atoms with van der Waals surface area (Å²) in [5.41, 5.74) is 5.17. The summed E-state index contributed by atoms with van der Waals surface area (Å²) in [7, 11) is 1.87. The third-order valence-electron chi connectivity index (χ3n) is 3.20. The maximum Gasteiger partial charge on any atom is 0.253 e. The van der Waals surface area contributed by atoms with E-state index in [4.69, 9.17) is 5.84 Å². The van der Waals surface area contributed by atoms with Gasteiger partial charge < -0.3 is 10.3 Å². The highest BCUT2D eigenvalue weighted by Crippen LogP contribution is 2.29. The van der Waals surface area contributed by atoms with Crippen molar-refractivity contribution in [2.24, 2.45) is 11.8 Å². The molecule has 2 rings (SSSR count). The van der Waals surface area contributed by atoms with E-state index in [-0.39, 0.29) is 5.91 Å². The minimum absolute atomic E-state index is 0.0866. The van der Waals surface area contributed by atoms with Crippen molar-refractivity contribution < 1.29 is 4.79 Å². The lowest BCUT2D eigenvalue weighted by Gasteiger charge is -2.17. The predicted molar refractivity (Wildman–Crippen MR) is 68.7 cm³/mol. The molecule has 0 atom stereocenters. The molecule has 1 aliphatic carbocycles. The van der Waals surface area contributed by atoms with Gasteiger partial charge in [0.1, 0.15) is 0 Å². The van der Waals surface area contributed by atoms with Crippen molar-refractivity contribution in [3.63, 3.8) is 0 Å². The zero-order valence-electron chi connectivity index (χ0n) is 10.4. The fourth-order valence-electron chi connectivity index (χ4n) is 1.95. The van der Waals surface area contributed by atoms with Gasteiger partial charge in [-0.15, -0.1) is 0 Å². The lowest BCUT2D eigenvalue weighted by atomic mass is 10.1. The van der Waals surface area contributed by atoms with Crippen molar-refractivity contribution in [3.05, 3.63) is 29.3 Å². The lowest BCUT2D eigenvalue weighted by molar-refractivity contribution is 0.0788. The largest absolute Gasteiger partial charge is 0.341 e. The van der Waals surface area contributed by atoms with E-state index >= 15 is 0 Å². The lowest BCUT2D eigenvalue weighted by Crippen LogP contribution is -2.28. The fraction of sp³-hybridized carbons (Fsp3) is 0.462. The highest BCUT2D eigenvalue weighted by Gasteiger charge is 2.25. The Morgan fingerprint density at radius 2 is 2.24 bits per heavy atom. The molecule has 0 unspecified atom stereocenters. The third kappa shape index (κ3) is 2.77. The van der Waals surface area contributed by atoms with Gasteiger partial charge in [-0.1, -0.05) is 0 Å². The molecular formula is C13H19N3O. The van der Waals surface area contributed by atoms with Crippen LogP contribution in [0.25, 0.3) is 0 Å². The molecule has 0 radical (unpaired) electrons. The van der Waals surface area contributed by atoms with Crippen LogP contribution in [-0.2, 0) is 0 Å². The Labute approximate surface area is 102 Å². The average molecular weight is 233 g/mol. The molecule has 1 aromatic carbocycles. The standard InChI is InChI=1S/C13H19N3O/c1-9-7-11(5-6-12(9)15-14)13(17)16(2)8-10-3-4-10/h5-7,10,15H,3-4,8,14H2,1-2H3. The number of nitrogen functional groups attached to an aromatic ring is 1. The van der Waals surface area contributed by atoms with Crippen LogP contribution in [0.5, 0.6) is 0 Å². The molecule has 1 fully saturated rings. The summed E-state index contributed by atoms with van der Waals surface area (Å²) in [5.74, 6) is 6.17. The maximum atomic E-state index is 12.1. The first-order valence-electron chi connectivity index (χ1n) is 5.94. The Bertz CT molecular complexity index is 427. The van der Waals surface area contributed by atoms with Crippen LogP contribution in [0.1, 0.15) is 28.8 Å². The smallest absolute Gasteiger partial charge is 0.253 e. The summed E-state index contributed by atoms with van der Waals surface area (Å²) < 4.78 is 0. The van der Waals surface area contributed by atoms with Gasteiger partial charge in [0.2, 0.25) is 0 Å². The topological polar surface area (TPSA) is 58.4 Å². The molecule has 0 aliphatic heterocycles. The second-order valence-electron chi connectivity index (χ2n) is 4.80. The average Bonchev–Trinajstić information content (AvgIpc) is 3.11. The Morgan fingerprint density at radius 1 is 1.53 bits per heavy atom. The van der Waals surface area contributed by atoms with Crippen LogP contribution in [0, 0.1) is 12.8 Å².